The molecule has 20 heavy (non-hydrogen) atoms. The molecule has 0 aromatic carbocycles. The number of hydrogen-bond acceptors (Lipinski definition) is 5. The number of hydrogen-bond donors (Lipinski definition) is 0. The van der Waals surface area contributed by atoms with Gasteiger partial charge in [-0.1, -0.05) is 6.92 Å². The highest BCUT2D eigenvalue weighted by molar-refractivity contribution is 6.28. The fraction of sp³-hybridized carbons (Fsp3) is 0.400. The highest BCUT2D eigenvalue weighted by Gasteiger charge is 2.32. The number of nitrogens with zero attached hydrogens (tertiary/aromatic N) is 5. The molecule has 0 amide bonds. The second kappa shape index (κ2) is 5.61. The van der Waals surface area contributed by atoms with Gasteiger partial charge >= 0.3 is 12.2 Å². The minimum Gasteiger partial charge on any atom is -0.463 e. The molecular formula is C10H9ClF3N5O. The van der Waals surface area contributed by atoms with Gasteiger partial charge in [0.1, 0.15) is 0 Å². The van der Waals surface area contributed by atoms with E-state index >= 15 is 0 Å². The second-order valence-corrected chi connectivity index (χ2v) is 4.04. The van der Waals surface area contributed by atoms with Gasteiger partial charge in [0.25, 0.3) is 5.95 Å². The normalized spacial score (nSPS) is 11.7. The van der Waals surface area contributed by atoms with Gasteiger partial charge in [-0.15, -0.1) is 0 Å². The van der Waals surface area contributed by atoms with E-state index in [9.17, 15) is 13.2 Å². The van der Waals surface area contributed by atoms with Gasteiger partial charge in [-0.05, 0) is 18.0 Å². The van der Waals surface area contributed by atoms with Gasteiger partial charge in [0.15, 0.2) is 0 Å². The molecular weight excluding hydrogens is 299 g/mol. The van der Waals surface area contributed by atoms with E-state index in [-0.39, 0.29) is 17.2 Å². The summed E-state index contributed by atoms with van der Waals surface area (Å²) in [5.74, 6) is -0.147. The lowest BCUT2D eigenvalue weighted by molar-refractivity contribution is -0.137. The highest BCUT2D eigenvalue weighted by Crippen LogP contribution is 2.28. The van der Waals surface area contributed by atoms with Crippen molar-refractivity contribution in [3.05, 3.63) is 23.2 Å². The molecule has 0 saturated heterocycles. The Kier molecular flexibility index (Phi) is 4.07. The minimum atomic E-state index is -4.49. The largest absolute Gasteiger partial charge is 0.463 e. The molecule has 0 aliphatic heterocycles. The molecule has 2 aromatic heterocycles. The van der Waals surface area contributed by atoms with Crippen molar-refractivity contribution < 1.29 is 17.9 Å². The summed E-state index contributed by atoms with van der Waals surface area (Å²) in [7, 11) is 0. The zero-order chi connectivity index (χ0) is 14.8. The van der Waals surface area contributed by atoms with E-state index in [4.69, 9.17) is 16.3 Å². The van der Waals surface area contributed by atoms with Crippen molar-refractivity contribution in [1.82, 2.24) is 24.7 Å². The van der Waals surface area contributed by atoms with E-state index in [1.807, 2.05) is 6.92 Å². The van der Waals surface area contributed by atoms with Crippen molar-refractivity contribution in [3.63, 3.8) is 0 Å². The van der Waals surface area contributed by atoms with E-state index in [1.54, 1.807) is 0 Å². The van der Waals surface area contributed by atoms with Crippen LogP contribution in [0.4, 0.5) is 13.2 Å². The van der Waals surface area contributed by atoms with Crippen molar-refractivity contribution in [2.45, 2.75) is 19.5 Å². The average molecular weight is 308 g/mol. The van der Waals surface area contributed by atoms with Crippen LogP contribution in [0.3, 0.4) is 0 Å². The summed E-state index contributed by atoms with van der Waals surface area (Å²) >= 11 is 5.67. The van der Waals surface area contributed by atoms with Crippen LogP contribution in [0.15, 0.2) is 12.4 Å². The smallest absolute Gasteiger partial charge is 0.419 e. The van der Waals surface area contributed by atoms with E-state index < -0.39 is 11.7 Å². The topological polar surface area (TPSA) is 65.7 Å². The van der Waals surface area contributed by atoms with E-state index in [0.717, 1.165) is 17.3 Å². The van der Waals surface area contributed by atoms with Gasteiger partial charge in [-0.25, -0.2) is 4.68 Å². The third-order valence-corrected chi connectivity index (χ3v) is 2.29. The molecule has 10 heteroatoms. The van der Waals surface area contributed by atoms with Crippen LogP contribution in [0.25, 0.3) is 5.95 Å². The molecule has 0 saturated carbocycles. The van der Waals surface area contributed by atoms with Crippen molar-refractivity contribution in [1.29, 1.82) is 0 Å². The Bertz CT molecular complexity index is 601. The molecule has 0 radical (unpaired) electrons. The van der Waals surface area contributed by atoms with Crippen molar-refractivity contribution in [2.24, 2.45) is 0 Å². The lowest BCUT2D eigenvalue weighted by Gasteiger charge is -2.05. The summed E-state index contributed by atoms with van der Waals surface area (Å²) in [6.07, 6.45) is -2.34. The lowest BCUT2D eigenvalue weighted by Crippen LogP contribution is -2.08. The van der Waals surface area contributed by atoms with E-state index in [0.29, 0.717) is 12.8 Å². The maximum Gasteiger partial charge on any atom is 0.419 e. The third kappa shape index (κ3) is 3.35. The van der Waals surface area contributed by atoms with Gasteiger partial charge in [0, 0.05) is 6.20 Å². The van der Waals surface area contributed by atoms with Crippen molar-refractivity contribution in [3.8, 4) is 12.0 Å². The van der Waals surface area contributed by atoms with Gasteiger partial charge in [0.2, 0.25) is 5.28 Å². The van der Waals surface area contributed by atoms with E-state index in [1.165, 1.54) is 0 Å². The van der Waals surface area contributed by atoms with Crippen LogP contribution < -0.4 is 4.74 Å². The Morgan fingerprint density at radius 1 is 1.30 bits per heavy atom. The number of rotatable bonds is 4. The first-order valence-corrected chi connectivity index (χ1v) is 5.94. The summed E-state index contributed by atoms with van der Waals surface area (Å²) < 4.78 is 43.5. The first-order valence-electron chi connectivity index (χ1n) is 5.56. The molecule has 0 N–H and O–H groups in total. The predicted molar refractivity (Wildman–Crippen MR) is 62.7 cm³/mol. The summed E-state index contributed by atoms with van der Waals surface area (Å²) in [6, 6.07) is -0.0640. The molecule has 0 bridgehead atoms. The van der Waals surface area contributed by atoms with Gasteiger partial charge < -0.3 is 4.74 Å². The molecule has 2 heterocycles. The molecule has 2 rings (SSSR count). The van der Waals surface area contributed by atoms with Crippen LogP contribution in [-0.2, 0) is 6.18 Å². The van der Waals surface area contributed by atoms with Crippen molar-refractivity contribution >= 4 is 11.6 Å². The monoisotopic (exact) mass is 307 g/mol. The first-order chi connectivity index (χ1) is 9.40. The van der Waals surface area contributed by atoms with Crippen LogP contribution in [0, 0.1) is 0 Å². The molecule has 108 valence electrons. The average Bonchev–Trinajstić information content (AvgIpc) is 2.85. The highest BCUT2D eigenvalue weighted by atomic mass is 35.5. The predicted octanol–water partition coefficient (Wildman–Crippen LogP) is 2.52. The maximum absolute atomic E-state index is 12.5. The van der Waals surface area contributed by atoms with Crippen LogP contribution >= 0.6 is 11.6 Å². The first kappa shape index (κ1) is 14.5. The molecule has 0 atom stereocenters. The number of halogens is 4. The number of aromatic nitrogens is 5. The summed E-state index contributed by atoms with van der Waals surface area (Å²) in [5, 5.41) is 3.36. The van der Waals surface area contributed by atoms with E-state index in [2.05, 4.69) is 20.1 Å². The molecule has 6 nitrogen and oxygen atoms in total. The SMILES string of the molecule is CCCOc1nc(Cl)nc(-n2cc(C(F)(F)F)cn2)n1. The van der Waals surface area contributed by atoms with Gasteiger partial charge in [-0.2, -0.15) is 33.2 Å². The van der Waals surface area contributed by atoms with Crippen LogP contribution in [0.1, 0.15) is 18.9 Å². The van der Waals surface area contributed by atoms with Gasteiger partial charge in [0.05, 0.1) is 18.4 Å². The summed E-state index contributed by atoms with van der Waals surface area (Å²) in [6.45, 7) is 2.24. The molecule has 0 unspecified atom stereocenters. The maximum atomic E-state index is 12.5. The number of alkyl halides is 3. The summed E-state index contributed by atoms with van der Waals surface area (Å²) in [5.41, 5.74) is -0.912. The van der Waals surface area contributed by atoms with Crippen molar-refractivity contribution in [2.75, 3.05) is 6.61 Å². The van der Waals surface area contributed by atoms with Crippen LogP contribution in [-0.4, -0.2) is 31.3 Å². The molecule has 0 aliphatic carbocycles. The quantitative estimate of drug-likeness (QED) is 0.868. The Hall–Kier alpha value is -1.90. The Balaban J connectivity index is 2.32. The zero-order valence-electron chi connectivity index (χ0n) is 10.2. The number of ether oxygens (including phenoxy) is 1. The minimum absolute atomic E-state index is 0.0640. The Morgan fingerprint density at radius 3 is 2.65 bits per heavy atom. The Labute approximate surface area is 116 Å². The molecule has 0 spiro atoms. The van der Waals surface area contributed by atoms with Crippen LogP contribution in [0.2, 0.25) is 5.28 Å². The second-order valence-electron chi connectivity index (χ2n) is 3.71. The molecule has 0 fully saturated rings. The fourth-order valence-corrected chi connectivity index (χ4v) is 1.41. The summed E-state index contributed by atoms with van der Waals surface area (Å²) in [4.78, 5) is 11.3. The van der Waals surface area contributed by atoms with Gasteiger partial charge in [-0.3, -0.25) is 0 Å². The molecule has 0 aliphatic rings. The fourth-order valence-electron chi connectivity index (χ4n) is 1.26. The zero-order valence-corrected chi connectivity index (χ0v) is 11.0. The molecule has 2 aromatic rings. The third-order valence-electron chi connectivity index (χ3n) is 2.13. The van der Waals surface area contributed by atoms with Crippen LogP contribution in [0.5, 0.6) is 6.01 Å². The standard InChI is InChI=1S/C10H9ClF3N5O/c1-2-3-20-9-17-7(11)16-8(18-9)19-5-6(4-15-19)10(12,13)14/h4-5H,2-3H2,1H3. The Morgan fingerprint density at radius 2 is 2.05 bits per heavy atom. The lowest BCUT2D eigenvalue weighted by atomic mass is 10.4.